The number of hydrogen-bond donors (Lipinski definition) is 1. The van der Waals surface area contributed by atoms with Crippen LogP contribution in [0.5, 0.6) is 0 Å². The van der Waals surface area contributed by atoms with Crippen molar-refractivity contribution in [3.05, 3.63) is 35.4 Å². The maximum atomic E-state index is 12.4. The highest BCUT2D eigenvalue weighted by atomic mass is 32.2. The molecule has 0 amide bonds. The lowest BCUT2D eigenvalue weighted by Gasteiger charge is -2.22. The zero-order valence-electron chi connectivity index (χ0n) is 13.4. The van der Waals surface area contributed by atoms with E-state index < -0.39 is 10.8 Å². The van der Waals surface area contributed by atoms with Gasteiger partial charge >= 0.3 is 0 Å². The summed E-state index contributed by atoms with van der Waals surface area (Å²) >= 11 is 0. The lowest BCUT2D eigenvalue weighted by Crippen LogP contribution is -2.26. The van der Waals surface area contributed by atoms with Crippen molar-refractivity contribution in [1.29, 1.82) is 0 Å². The van der Waals surface area contributed by atoms with E-state index in [1.54, 1.807) is 0 Å². The largest absolute Gasteiger partial charge is 0.323 e. The van der Waals surface area contributed by atoms with E-state index in [2.05, 4.69) is 38.1 Å². The van der Waals surface area contributed by atoms with Gasteiger partial charge in [-0.15, -0.1) is 0 Å². The van der Waals surface area contributed by atoms with Gasteiger partial charge in [0.25, 0.3) is 0 Å². The van der Waals surface area contributed by atoms with Crippen LogP contribution in [0.4, 0.5) is 0 Å². The molecule has 0 aromatic heterocycles. The van der Waals surface area contributed by atoms with Crippen LogP contribution in [-0.2, 0) is 17.2 Å². The first-order chi connectivity index (χ1) is 10.1. The van der Waals surface area contributed by atoms with Gasteiger partial charge in [-0.1, -0.05) is 57.4 Å². The molecule has 1 aromatic rings. The van der Waals surface area contributed by atoms with Crippen molar-refractivity contribution in [2.45, 2.75) is 63.7 Å². The maximum Gasteiger partial charge on any atom is 0.0431 e. The zero-order valence-corrected chi connectivity index (χ0v) is 14.2. The Labute approximate surface area is 132 Å². The summed E-state index contributed by atoms with van der Waals surface area (Å²) in [6, 6.07) is 8.46. The van der Waals surface area contributed by atoms with Crippen molar-refractivity contribution < 1.29 is 4.21 Å². The second kappa shape index (κ2) is 8.09. The molecule has 2 N–H and O–H groups in total. The summed E-state index contributed by atoms with van der Waals surface area (Å²) in [5, 5.41) is 0.380. The highest BCUT2D eigenvalue weighted by Crippen LogP contribution is 2.24. The van der Waals surface area contributed by atoms with E-state index in [-0.39, 0.29) is 6.04 Å². The van der Waals surface area contributed by atoms with Crippen LogP contribution in [0.15, 0.2) is 24.3 Å². The highest BCUT2D eigenvalue weighted by molar-refractivity contribution is 7.85. The minimum absolute atomic E-state index is 0.0964. The molecule has 0 aliphatic heterocycles. The van der Waals surface area contributed by atoms with Crippen LogP contribution in [-0.4, -0.2) is 15.2 Å². The van der Waals surface area contributed by atoms with Gasteiger partial charge in [0.1, 0.15) is 0 Å². The van der Waals surface area contributed by atoms with E-state index in [0.29, 0.717) is 16.9 Å². The van der Waals surface area contributed by atoms with Crippen LogP contribution < -0.4 is 5.73 Å². The van der Waals surface area contributed by atoms with Crippen molar-refractivity contribution in [2.24, 2.45) is 11.7 Å². The molecule has 118 valence electrons. The third-order valence-corrected chi connectivity index (χ3v) is 6.22. The quantitative estimate of drug-likeness (QED) is 0.864. The van der Waals surface area contributed by atoms with Gasteiger partial charge in [0.15, 0.2) is 0 Å². The molecule has 3 heteroatoms. The van der Waals surface area contributed by atoms with Crippen LogP contribution in [0.1, 0.15) is 63.1 Å². The monoisotopic (exact) mass is 307 g/mol. The van der Waals surface area contributed by atoms with Crippen molar-refractivity contribution in [1.82, 2.24) is 0 Å². The molecule has 0 bridgehead atoms. The Bertz CT molecular complexity index is 449. The van der Waals surface area contributed by atoms with Crippen LogP contribution in [0.2, 0.25) is 0 Å². The fourth-order valence-electron chi connectivity index (χ4n) is 3.11. The first-order valence-electron chi connectivity index (χ1n) is 8.28. The lowest BCUT2D eigenvalue weighted by molar-refractivity contribution is 0.503. The Morgan fingerprint density at radius 3 is 2.33 bits per heavy atom. The maximum absolute atomic E-state index is 12.4. The third-order valence-electron chi connectivity index (χ3n) is 4.32. The number of hydrogen-bond acceptors (Lipinski definition) is 2. The Kier molecular flexibility index (Phi) is 6.43. The first kappa shape index (κ1) is 16.7. The molecule has 2 unspecified atom stereocenters. The third kappa shape index (κ3) is 5.23. The van der Waals surface area contributed by atoms with E-state index in [4.69, 9.17) is 5.73 Å². The van der Waals surface area contributed by atoms with Gasteiger partial charge in [0.05, 0.1) is 0 Å². The molecule has 1 aromatic carbocycles. The second-order valence-electron chi connectivity index (χ2n) is 6.75. The van der Waals surface area contributed by atoms with Crippen LogP contribution in [0.3, 0.4) is 0 Å². The lowest BCUT2D eigenvalue weighted by atomic mass is 10.00. The molecule has 0 radical (unpaired) electrons. The fourth-order valence-corrected chi connectivity index (χ4v) is 4.79. The summed E-state index contributed by atoms with van der Waals surface area (Å²) in [6.07, 6.45) is 7.10. The summed E-state index contributed by atoms with van der Waals surface area (Å²) in [7, 11) is -0.777. The Balaban J connectivity index is 1.90. The van der Waals surface area contributed by atoms with E-state index in [9.17, 15) is 4.21 Å². The first-order valence-corrected chi connectivity index (χ1v) is 9.66. The van der Waals surface area contributed by atoms with Crippen molar-refractivity contribution in [2.75, 3.05) is 5.75 Å². The van der Waals surface area contributed by atoms with E-state index in [0.717, 1.165) is 24.8 Å². The van der Waals surface area contributed by atoms with Gasteiger partial charge in [-0.05, 0) is 36.3 Å². The van der Waals surface area contributed by atoms with Crippen molar-refractivity contribution in [3.63, 3.8) is 0 Å². The molecule has 0 saturated heterocycles. The smallest absolute Gasteiger partial charge is 0.0431 e. The molecule has 1 aliphatic carbocycles. The Morgan fingerprint density at radius 2 is 1.76 bits per heavy atom. The molecular weight excluding hydrogens is 278 g/mol. The summed E-state index contributed by atoms with van der Waals surface area (Å²) in [5.41, 5.74) is 8.73. The zero-order chi connectivity index (χ0) is 15.2. The summed E-state index contributed by atoms with van der Waals surface area (Å²) < 4.78 is 12.4. The molecule has 2 atom stereocenters. The van der Waals surface area contributed by atoms with E-state index >= 15 is 0 Å². The average Bonchev–Trinajstić information content (AvgIpc) is 2.48. The van der Waals surface area contributed by atoms with Crippen LogP contribution in [0, 0.1) is 5.92 Å². The predicted octanol–water partition coefficient (Wildman–Crippen LogP) is 3.97. The minimum Gasteiger partial charge on any atom is -0.323 e. The van der Waals surface area contributed by atoms with Gasteiger partial charge in [-0.25, -0.2) is 0 Å². The van der Waals surface area contributed by atoms with Crippen LogP contribution >= 0.6 is 0 Å². The molecule has 2 rings (SSSR count). The number of nitrogens with two attached hydrogens (primary N) is 1. The molecular formula is C18H29NOS. The summed E-state index contributed by atoms with van der Waals surface area (Å²) in [5.74, 6) is 1.28. The normalized spacial score (nSPS) is 19.6. The highest BCUT2D eigenvalue weighted by Gasteiger charge is 2.22. The van der Waals surface area contributed by atoms with Gasteiger partial charge in [-0.2, -0.15) is 0 Å². The van der Waals surface area contributed by atoms with Gasteiger partial charge in [-0.3, -0.25) is 4.21 Å². The molecule has 2 nitrogen and oxygen atoms in total. The van der Waals surface area contributed by atoms with Crippen molar-refractivity contribution in [3.8, 4) is 0 Å². The SMILES string of the molecule is CC(C)Cc1ccc(C(N)CS(=O)C2CCCCC2)cc1. The number of benzene rings is 1. The molecule has 0 heterocycles. The van der Waals surface area contributed by atoms with Gasteiger partial charge in [0, 0.05) is 27.8 Å². The Morgan fingerprint density at radius 1 is 1.14 bits per heavy atom. The molecule has 21 heavy (non-hydrogen) atoms. The molecule has 0 spiro atoms. The van der Waals surface area contributed by atoms with Gasteiger partial charge < -0.3 is 5.73 Å². The van der Waals surface area contributed by atoms with E-state index in [1.807, 2.05) is 0 Å². The fraction of sp³-hybridized carbons (Fsp3) is 0.667. The average molecular weight is 308 g/mol. The standard InChI is InChI=1S/C18H29NOS/c1-14(2)12-15-8-10-16(11-9-15)18(19)13-21(20)17-6-4-3-5-7-17/h8-11,14,17-18H,3-7,12-13,19H2,1-2H3. The number of rotatable bonds is 6. The van der Waals surface area contributed by atoms with E-state index in [1.165, 1.54) is 24.8 Å². The predicted molar refractivity (Wildman–Crippen MR) is 91.8 cm³/mol. The molecule has 1 fully saturated rings. The minimum atomic E-state index is -0.777. The van der Waals surface area contributed by atoms with Gasteiger partial charge in [0.2, 0.25) is 0 Å². The molecule has 1 aliphatic rings. The summed E-state index contributed by atoms with van der Waals surface area (Å²) in [4.78, 5) is 0. The Hall–Kier alpha value is -0.670. The summed E-state index contributed by atoms with van der Waals surface area (Å²) in [6.45, 7) is 4.46. The van der Waals surface area contributed by atoms with Crippen molar-refractivity contribution >= 4 is 10.8 Å². The van der Waals surface area contributed by atoms with Crippen LogP contribution in [0.25, 0.3) is 0 Å². The molecule has 1 saturated carbocycles. The topological polar surface area (TPSA) is 43.1 Å². The second-order valence-corrected chi connectivity index (χ2v) is 8.51.